The lowest BCUT2D eigenvalue weighted by atomic mass is 10.1. The van der Waals surface area contributed by atoms with Crippen molar-refractivity contribution >= 4 is 52.0 Å². The van der Waals surface area contributed by atoms with Crippen LogP contribution in [0.4, 0.5) is 5.69 Å². The van der Waals surface area contributed by atoms with E-state index in [-0.39, 0.29) is 5.91 Å². The highest BCUT2D eigenvalue weighted by molar-refractivity contribution is 7.07. The zero-order chi connectivity index (χ0) is 16.6. The van der Waals surface area contributed by atoms with Crippen molar-refractivity contribution in [3.05, 3.63) is 44.6 Å². The van der Waals surface area contributed by atoms with Crippen molar-refractivity contribution in [1.29, 1.82) is 0 Å². The van der Waals surface area contributed by atoms with Gasteiger partial charge >= 0.3 is 0 Å². The van der Waals surface area contributed by atoms with Crippen LogP contribution in [0.15, 0.2) is 34.8 Å². The first-order valence-corrected chi connectivity index (χ1v) is 8.56. The van der Waals surface area contributed by atoms with Crippen LogP contribution in [0.5, 0.6) is 0 Å². The molecule has 1 aliphatic heterocycles. The van der Waals surface area contributed by atoms with Crippen LogP contribution in [0, 0.1) is 5.92 Å². The average molecular weight is 370 g/mol. The van der Waals surface area contributed by atoms with Gasteiger partial charge in [0, 0.05) is 30.2 Å². The van der Waals surface area contributed by atoms with Gasteiger partial charge in [0.1, 0.15) is 5.92 Å². The Morgan fingerprint density at radius 2 is 2.17 bits per heavy atom. The van der Waals surface area contributed by atoms with Crippen molar-refractivity contribution < 1.29 is 9.59 Å². The number of hydrogen-bond donors (Lipinski definition) is 0. The van der Waals surface area contributed by atoms with E-state index in [9.17, 15) is 9.59 Å². The van der Waals surface area contributed by atoms with Gasteiger partial charge in [0.2, 0.25) is 5.91 Å². The van der Waals surface area contributed by atoms with E-state index in [0.717, 1.165) is 0 Å². The Labute approximate surface area is 146 Å². The van der Waals surface area contributed by atoms with Crippen molar-refractivity contribution in [2.75, 3.05) is 11.4 Å². The van der Waals surface area contributed by atoms with Crippen molar-refractivity contribution in [3.63, 3.8) is 0 Å². The van der Waals surface area contributed by atoms with E-state index in [2.05, 4.69) is 4.99 Å². The van der Waals surface area contributed by atoms with Crippen LogP contribution in [-0.4, -0.2) is 22.9 Å². The van der Waals surface area contributed by atoms with Gasteiger partial charge in [-0.25, -0.2) is 0 Å². The van der Waals surface area contributed by atoms with Gasteiger partial charge in [-0.3, -0.25) is 9.59 Å². The summed E-state index contributed by atoms with van der Waals surface area (Å²) in [5, 5.41) is 2.75. The first-order chi connectivity index (χ1) is 11.0. The maximum atomic E-state index is 12.6. The summed E-state index contributed by atoms with van der Waals surface area (Å²) >= 11 is 13.5. The second kappa shape index (κ2) is 6.47. The largest absolute Gasteiger partial charge is 0.327 e. The zero-order valence-corrected chi connectivity index (χ0v) is 14.5. The predicted molar refractivity (Wildman–Crippen MR) is 90.8 cm³/mol. The van der Waals surface area contributed by atoms with Crippen molar-refractivity contribution in [2.45, 2.75) is 6.42 Å². The van der Waals surface area contributed by atoms with Gasteiger partial charge in [-0.05, 0) is 24.6 Å². The highest BCUT2D eigenvalue weighted by atomic mass is 35.5. The Balaban J connectivity index is 1.86. The molecule has 5 nitrogen and oxygen atoms in total. The maximum absolute atomic E-state index is 12.6. The van der Waals surface area contributed by atoms with E-state index in [0.29, 0.717) is 33.5 Å². The number of halogens is 2. The number of benzene rings is 1. The van der Waals surface area contributed by atoms with Crippen LogP contribution >= 0.6 is 34.5 Å². The van der Waals surface area contributed by atoms with Crippen LogP contribution in [-0.2, 0) is 16.6 Å². The van der Waals surface area contributed by atoms with Gasteiger partial charge in [-0.15, -0.1) is 11.3 Å². The number of carbonyl (C=O) groups is 2. The summed E-state index contributed by atoms with van der Waals surface area (Å²) in [6.45, 7) is 0.418. The van der Waals surface area contributed by atoms with Gasteiger partial charge in [0.25, 0.3) is 5.91 Å². The molecule has 0 aliphatic carbocycles. The summed E-state index contributed by atoms with van der Waals surface area (Å²) in [7, 11) is 1.80. The molecule has 0 spiro atoms. The monoisotopic (exact) mass is 369 g/mol. The normalized spacial score (nSPS) is 18.7. The summed E-state index contributed by atoms with van der Waals surface area (Å²) in [6, 6.07) is 4.92. The number of aromatic nitrogens is 1. The standard InChI is InChI=1S/C15H13Cl2N3O2S/c1-19-6-7-23-15(19)18-13(21)10-4-5-20(14(10)22)12-8-9(16)2-3-11(12)17/h2-3,6-8,10H,4-5H2,1H3. The van der Waals surface area contributed by atoms with E-state index in [4.69, 9.17) is 23.2 Å². The summed E-state index contributed by atoms with van der Waals surface area (Å²) in [5.74, 6) is -1.48. The number of amides is 2. The molecule has 23 heavy (non-hydrogen) atoms. The number of nitrogens with zero attached hydrogens (tertiary/aromatic N) is 3. The molecular formula is C15H13Cl2N3O2S. The molecule has 1 aliphatic rings. The summed E-state index contributed by atoms with van der Waals surface area (Å²) in [4.78, 5) is 31.0. The topological polar surface area (TPSA) is 54.7 Å². The number of rotatable bonds is 2. The van der Waals surface area contributed by atoms with Crippen molar-refractivity contribution in [2.24, 2.45) is 18.0 Å². The van der Waals surface area contributed by atoms with E-state index in [1.54, 1.807) is 29.8 Å². The molecule has 2 aromatic rings. The molecule has 1 unspecified atom stereocenters. The van der Waals surface area contributed by atoms with Crippen LogP contribution in [0.1, 0.15) is 6.42 Å². The van der Waals surface area contributed by atoms with E-state index in [1.807, 2.05) is 11.6 Å². The molecule has 1 aromatic heterocycles. The van der Waals surface area contributed by atoms with Gasteiger partial charge in [-0.1, -0.05) is 23.2 Å². The fourth-order valence-electron chi connectivity index (χ4n) is 2.45. The van der Waals surface area contributed by atoms with Gasteiger partial charge in [0.15, 0.2) is 4.80 Å². The molecule has 120 valence electrons. The first kappa shape index (κ1) is 16.2. The SMILES string of the molecule is Cn1ccsc1=NC(=O)C1CCN(c2cc(Cl)ccc2Cl)C1=O. The number of carbonyl (C=O) groups excluding carboxylic acids is 2. The second-order valence-corrected chi connectivity index (χ2v) is 6.89. The molecule has 8 heteroatoms. The van der Waals surface area contributed by atoms with Crippen LogP contribution < -0.4 is 9.70 Å². The first-order valence-electron chi connectivity index (χ1n) is 6.92. The Morgan fingerprint density at radius 1 is 1.39 bits per heavy atom. The van der Waals surface area contributed by atoms with Crippen molar-refractivity contribution in [3.8, 4) is 0 Å². The Kier molecular flexibility index (Phi) is 4.57. The third-order valence-electron chi connectivity index (χ3n) is 3.67. The van der Waals surface area contributed by atoms with Gasteiger partial charge < -0.3 is 9.47 Å². The van der Waals surface area contributed by atoms with E-state index >= 15 is 0 Å². The predicted octanol–water partition coefficient (Wildman–Crippen LogP) is 2.87. The van der Waals surface area contributed by atoms with Crippen molar-refractivity contribution in [1.82, 2.24) is 4.57 Å². The lowest BCUT2D eigenvalue weighted by molar-refractivity contribution is -0.130. The molecule has 0 bridgehead atoms. The molecule has 1 saturated heterocycles. The van der Waals surface area contributed by atoms with Crippen LogP contribution in [0.25, 0.3) is 0 Å². The molecule has 2 heterocycles. The van der Waals surface area contributed by atoms with Gasteiger partial charge in [-0.2, -0.15) is 4.99 Å². The van der Waals surface area contributed by atoms with E-state index < -0.39 is 11.8 Å². The van der Waals surface area contributed by atoms with E-state index in [1.165, 1.54) is 16.2 Å². The third-order valence-corrected chi connectivity index (χ3v) is 5.07. The molecule has 1 fully saturated rings. The Morgan fingerprint density at radius 3 is 2.87 bits per heavy atom. The molecular weight excluding hydrogens is 357 g/mol. The minimum Gasteiger partial charge on any atom is -0.327 e. The smallest absolute Gasteiger partial charge is 0.260 e. The highest BCUT2D eigenvalue weighted by Crippen LogP contribution is 2.33. The third kappa shape index (κ3) is 3.20. The lowest BCUT2D eigenvalue weighted by Gasteiger charge is -2.18. The zero-order valence-electron chi connectivity index (χ0n) is 12.2. The minimum atomic E-state index is -0.771. The highest BCUT2D eigenvalue weighted by Gasteiger charge is 2.38. The average Bonchev–Trinajstić information content (AvgIpc) is 3.08. The number of anilines is 1. The van der Waals surface area contributed by atoms with Crippen LogP contribution in [0.2, 0.25) is 10.0 Å². The lowest BCUT2D eigenvalue weighted by Crippen LogP contribution is -2.30. The molecule has 3 rings (SSSR count). The quantitative estimate of drug-likeness (QED) is 0.764. The summed E-state index contributed by atoms with van der Waals surface area (Å²) in [5.41, 5.74) is 0.529. The fourth-order valence-corrected chi connectivity index (χ4v) is 3.57. The number of thiazole rings is 1. The fraction of sp³-hybridized carbons (Fsp3) is 0.267. The Hall–Kier alpha value is -1.63. The summed E-state index contributed by atoms with van der Waals surface area (Å²) in [6.07, 6.45) is 2.23. The number of hydrogen-bond acceptors (Lipinski definition) is 3. The van der Waals surface area contributed by atoms with Gasteiger partial charge in [0.05, 0.1) is 10.7 Å². The molecule has 1 atom stereocenters. The molecule has 0 radical (unpaired) electrons. The molecule has 1 aromatic carbocycles. The minimum absolute atomic E-state index is 0.290. The Bertz CT molecular complexity index is 843. The molecule has 0 N–H and O–H groups in total. The molecule has 2 amide bonds. The number of aryl methyl sites for hydroxylation is 1. The second-order valence-electron chi connectivity index (χ2n) is 5.17. The maximum Gasteiger partial charge on any atom is 0.260 e. The molecule has 0 saturated carbocycles. The summed E-state index contributed by atoms with van der Waals surface area (Å²) < 4.78 is 1.74. The van der Waals surface area contributed by atoms with Crippen LogP contribution in [0.3, 0.4) is 0 Å².